The Kier molecular flexibility index (Phi) is 6.44. The maximum absolute atomic E-state index is 11.5. The average molecular weight is 285 g/mol. The van der Waals surface area contributed by atoms with Crippen molar-refractivity contribution >= 4 is 23.2 Å². The zero-order chi connectivity index (χ0) is 14.3. The summed E-state index contributed by atoms with van der Waals surface area (Å²) < 4.78 is 0. The van der Waals surface area contributed by atoms with E-state index in [2.05, 4.69) is 10.3 Å². The lowest BCUT2D eigenvalue weighted by molar-refractivity contribution is -0.121. The minimum atomic E-state index is -1.03. The standard InChI is InChI=1S/C12H19N3O3S/c1-8(6-13)2-3-10(16)14-5-4-11-15-9(7-19-11)12(17)18/h7-8H,2-6,13H2,1H3,(H,14,16)(H,17,18). The van der Waals surface area contributed by atoms with E-state index in [1.54, 1.807) is 0 Å². The highest BCUT2D eigenvalue weighted by atomic mass is 32.1. The lowest BCUT2D eigenvalue weighted by Crippen LogP contribution is -2.26. The molecule has 1 atom stereocenters. The molecule has 1 rings (SSSR count). The fourth-order valence-corrected chi connectivity index (χ4v) is 2.19. The van der Waals surface area contributed by atoms with Gasteiger partial charge in [-0.1, -0.05) is 6.92 Å². The van der Waals surface area contributed by atoms with Crippen molar-refractivity contribution in [3.63, 3.8) is 0 Å². The van der Waals surface area contributed by atoms with Gasteiger partial charge < -0.3 is 16.2 Å². The molecule has 0 aliphatic rings. The quantitative estimate of drug-likeness (QED) is 0.657. The van der Waals surface area contributed by atoms with Gasteiger partial charge in [0.15, 0.2) is 5.69 Å². The van der Waals surface area contributed by atoms with Crippen LogP contribution in [0.4, 0.5) is 0 Å². The van der Waals surface area contributed by atoms with Crippen LogP contribution in [0.25, 0.3) is 0 Å². The molecule has 1 heterocycles. The number of nitrogens with zero attached hydrogens (tertiary/aromatic N) is 1. The number of carbonyl (C=O) groups is 2. The maximum Gasteiger partial charge on any atom is 0.355 e. The Morgan fingerprint density at radius 2 is 2.32 bits per heavy atom. The van der Waals surface area contributed by atoms with E-state index in [4.69, 9.17) is 10.8 Å². The van der Waals surface area contributed by atoms with E-state index in [-0.39, 0.29) is 11.6 Å². The monoisotopic (exact) mass is 285 g/mol. The summed E-state index contributed by atoms with van der Waals surface area (Å²) >= 11 is 1.29. The maximum atomic E-state index is 11.5. The molecule has 1 aromatic heterocycles. The Balaban J connectivity index is 2.22. The molecule has 0 aliphatic heterocycles. The summed E-state index contributed by atoms with van der Waals surface area (Å²) in [5.74, 6) is -0.680. The summed E-state index contributed by atoms with van der Waals surface area (Å²) in [5.41, 5.74) is 5.53. The van der Waals surface area contributed by atoms with Gasteiger partial charge in [-0.3, -0.25) is 4.79 Å². The number of hydrogen-bond donors (Lipinski definition) is 3. The van der Waals surface area contributed by atoms with Crippen LogP contribution >= 0.6 is 11.3 Å². The summed E-state index contributed by atoms with van der Waals surface area (Å²) in [6.45, 7) is 3.07. The van der Waals surface area contributed by atoms with Crippen molar-refractivity contribution < 1.29 is 14.7 Å². The normalized spacial score (nSPS) is 12.1. The van der Waals surface area contributed by atoms with Gasteiger partial charge in [0.05, 0.1) is 5.01 Å². The first-order valence-corrected chi connectivity index (χ1v) is 7.05. The van der Waals surface area contributed by atoms with Crippen LogP contribution in [-0.4, -0.2) is 35.1 Å². The van der Waals surface area contributed by atoms with Gasteiger partial charge in [0.25, 0.3) is 0 Å². The molecule has 0 saturated heterocycles. The Bertz CT molecular complexity index is 434. The van der Waals surface area contributed by atoms with E-state index in [1.165, 1.54) is 16.7 Å². The van der Waals surface area contributed by atoms with E-state index in [9.17, 15) is 9.59 Å². The second-order valence-electron chi connectivity index (χ2n) is 4.41. The molecule has 19 heavy (non-hydrogen) atoms. The largest absolute Gasteiger partial charge is 0.476 e. The SMILES string of the molecule is CC(CN)CCC(=O)NCCc1nc(C(=O)O)cs1. The molecule has 6 nitrogen and oxygen atoms in total. The number of rotatable bonds is 8. The van der Waals surface area contributed by atoms with Gasteiger partial charge in [0, 0.05) is 24.8 Å². The Labute approximate surface area is 116 Å². The predicted molar refractivity (Wildman–Crippen MR) is 73.2 cm³/mol. The zero-order valence-electron chi connectivity index (χ0n) is 10.9. The van der Waals surface area contributed by atoms with Crippen molar-refractivity contribution in [2.75, 3.05) is 13.1 Å². The number of hydrogen-bond acceptors (Lipinski definition) is 5. The Morgan fingerprint density at radius 3 is 2.89 bits per heavy atom. The second kappa shape index (κ2) is 7.85. The van der Waals surface area contributed by atoms with Crippen LogP contribution in [-0.2, 0) is 11.2 Å². The second-order valence-corrected chi connectivity index (χ2v) is 5.35. The minimum Gasteiger partial charge on any atom is -0.476 e. The highest BCUT2D eigenvalue weighted by Crippen LogP contribution is 2.10. The Morgan fingerprint density at radius 1 is 1.58 bits per heavy atom. The van der Waals surface area contributed by atoms with Crippen LogP contribution in [0.2, 0.25) is 0 Å². The molecule has 1 unspecified atom stereocenters. The van der Waals surface area contributed by atoms with Gasteiger partial charge >= 0.3 is 5.97 Å². The predicted octanol–water partition coefficient (Wildman–Crippen LogP) is 0.875. The van der Waals surface area contributed by atoms with Crippen molar-refractivity contribution in [3.05, 3.63) is 16.1 Å². The number of carboxylic acids is 1. The number of aromatic carboxylic acids is 1. The smallest absolute Gasteiger partial charge is 0.355 e. The number of nitrogens with two attached hydrogens (primary N) is 1. The van der Waals surface area contributed by atoms with E-state index >= 15 is 0 Å². The third-order valence-corrected chi connectivity index (χ3v) is 3.61. The topological polar surface area (TPSA) is 105 Å². The van der Waals surface area contributed by atoms with E-state index in [0.717, 1.165) is 6.42 Å². The van der Waals surface area contributed by atoms with Crippen molar-refractivity contribution in [1.82, 2.24) is 10.3 Å². The molecule has 0 aliphatic carbocycles. The van der Waals surface area contributed by atoms with Crippen LogP contribution < -0.4 is 11.1 Å². The van der Waals surface area contributed by atoms with Gasteiger partial charge in [-0.15, -0.1) is 11.3 Å². The van der Waals surface area contributed by atoms with Crippen LogP contribution in [0.15, 0.2) is 5.38 Å². The molecule has 0 spiro atoms. The number of carboxylic acid groups (broad SMARTS) is 1. The first kappa shape index (κ1) is 15.6. The summed E-state index contributed by atoms with van der Waals surface area (Å²) in [5, 5.41) is 13.7. The molecule has 0 radical (unpaired) electrons. The van der Waals surface area contributed by atoms with E-state index < -0.39 is 5.97 Å². The molecule has 1 aromatic rings. The van der Waals surface area contributed by atoms with E-state index in [1.807, 2.05) is 6.92 Å². The molecule has 0 bridgehead atoms. The van der Waals surface area contributed by atoms with Gasteiger partial charge in [-0.25, -0.2) is 9.78 Å². The minimum absolute atomic E-state index is 0.00434. The highest BCUT2D eigenvalue weighted by Gasteiger charge is 2.09. The molecule has 0 saturated carbocycles. The van der Waals surface area contributed by atoms with E-state index in [0.29, 0.717) is 36.9 Å². The number of nitrogens with one attached hydrogen (secondary N) is 1. The van der Waals surface area contributed by atoms with Crippen LogP contribution in [0.3, 0.4) is 0 Å². The summed E-state index contributed by atoms with van der Waals surface area (Å²) in [6, 6.07) is 0. The van der Waals surface area contributed by atoms with Crippen LogP contribution in [0.1, 0.15) is 35.3 Å². The lowest BCUT2D eigenvalue weighted by atomic mass is 10.1. The molecule has 4 N–H and O–H groups in total. The first-order valence-electron chi connectivity index (χ1n) is 6.17. The molecular weight excluding hydrogens is 266 g/mol. The highest BCUT2D eigenvalue weighted by molar-refractivity contribution is 7.09. The summed E-state index contributed by atoms with van der Waals surface area (Å²) in [6.07, 6.45) is 1.80. The van der Waals surface area contributed by atoms with Crippen LogP contribution in [0, 0.1) is 5.92 Å². The van der Waals surface area contributed by atoms with Crippen molar-refractivity contribution in [3.8, 4) is 0 Å². The Hall–Kier alpha value is -1.47. The number of aromatic nitrogens is 1. The van der Waals surface area contributed by atoms with Gasteiger partial charge in [0.1, 0.15) is 0 Å². The lowest BCUT2D eigenvalue weighted by Gasteiger charge is -2.08. The molecule has 7 heteroatoms. The molecule has 0 aromatic carbocycles. The van der Waals surface area contributed by atoms with Crippen molar-refractivity contribution in [2.24, 2.45) is 11.7 Å². The molecular formula is C12H19N3O3S. The number of thiazole rings is 1. The van der Waals surface area contributed by atoms with Crippen molar-refractivity contribution in [2.45, 2.75) is 26.2 Å². The third kappa shape index (κ3) is 5.80. The fourth-order valence-electron chi connectivity index (χ4n) is 1.42. The van der Waals surface area contributed by atoms with Crippen molar-refractivity contribution in [1.29, 1.82) is 0 Å². The first-order chi connectivity index (χ1) is 9.02. The van der Waals surface area contributed by atoms with Gasteiger partial charge in [0.2, 0.25) is 5.91 Å². The average Bonchev–Trinajstić information content (AvgIpc) is 2.85. The summed E-state index contributed by atoms with van der Waals surface area (Å²) in [7, 11) is 0. The van der Waals surface area contributed by atoms with Gasteiger partial charge in [-0.05, 0) is 18.9 Å². The zero-order valence-corrected chi connectivity index (χ0v) is 11.7. The number of amides is 1. The number of carbonyl (C=O) groups excluding carboxylic acids is 1. The molecule has 1 amide bonds. The molecule has 0 fully saturated rings. The fraction of sp³-hybridized carbons (Fsp3) is 0.583. The van der Waals surface area contributed by atoms with Gasteiger partial charge in [-0.2, -0.15) is 0 Å². The third-order valence-electron chi connectivity index (χ3n) is 2.70. The summed E-state index contributed by atoms with van der Waals surface area (Å²) in [4.78, 5) is 26.1. The molecule has 106 valence electrons. The van der Waals surface area contributed by atoms with Crippen LogP contribution in [0.5, 0.6) is 0 Å².